The third-order valence-electron chi connectivity index (χ3n) is 5.66. The number of amides is 2. The number of carbonyl (C=O) groups is 2. The molecule has 1 aromatic heterocycles. The Kier molecular flexibility index (Phi) is 7.79. The molecule has 2 aromatic carbocycles. The Morgan fingerprint density at radius 2 is 1.74 bits per heavy atom. The zero-order valence-electron chi connectivity index (χ0n) is 20.7. The molecule has 0 atom stereocenters. The lowest BCUT2D eigenvalue weighted by atomic mass is 10.0. The van der Waals surface area contributed by atoms with Crippen LogP contribution in [-0.4, -0.2) is 34.6 Å². The van der Waals surface area contributed by atoms with Crippen molar-refractivity contribution >= 4 is 35.2 Å². The largest absolute Gasteiger partial charge is 0.435 e. The van der Waals surface area contributed by atoms with Crippen molar-refractivity contribution in [3.8, 4) is 11.6 Å². The Morgan fingerprint density at radius 3 is 2.37 bits per heavy atom. The van der Waals surface area contributed by atoms with Gasteiger partial charge in [0.1, 0.15) is 35.5 Å². The van der Waals surface area contributed by atoms with Gasteiger partial charge in [0.15, 0.2) is 11.6 Å². The van der Waals surface area contributed by atoms with E-state index in [1.807, 2.05) is 13.8 Å². The summed E-state index contributed by atoms with van der Waals surface area (Å²) in [6.45, 7) is 4.32. The first-order chi connectivity index (χ1) is 18.2. The number of halogens is 2. The zero-order valence-corrected chi connectivity index (χ0v) is 20.7. The molecule has 0 radical (unpaired) electrons. The molecule has 0 aliphatic heterocycles. The smallest absolute Gasteiger partial charge is 0.240 e. The van der Waals surface area contributed by atoms with Crippen LogP contribution in [0.3, 0.4) is 0 Å². The minimum Gasteiger partial charge on any atom is -0.435 e. The average Bonchev–Trinajstić information content (AvgIpc) is 3.68. The van der Waals surface area contributed by atoms with E-state index in [9.17, 15) is 18.4 Å². The Bertz CT molecular complexity index is 1360. The topological polar surface area (TPSA) is 141 Å². The average molecular weight is 525 g/mol. The molecule has 4 rings (SSSR count). The maximum Gasteiger partial charge on any atom is 0.240 e. The zero-order chi connectivity index (χ0) is 27.3. The second kappa shape index (κ2) is 11.2. The van der Waals surface area contributed by atoms with Gasteiger partial charge in [-0.25, -0.2) is 18.7 Å². The molecule has 1 saturated carbocycles. The van der Waals surface area contributed by atoms with Crippen LogP contribution in [0.5, 0.6) is 11.6 Å². The number of nitrogens with one attached hydrogen (secondary N) is 2. The molecule has 1 heterocycles. The highest BCUT2D eigenvalue weighted by Gasteiger charge is 2.56. The lowest BCUT2D eigenvalue weighted by molar-refractivity contribution is -0.131. The highest BCUT2D eigenvalue weighted by atomic mass is 19.1. The Labute approximate surface area is 217 Å². The summed E-state index contributed by atoms with van der Waals surface area (Å²) in [7, 11) is 0. The van der Waals surface area contributed by atoms with Crippen LogP contribution in [0.1, 0.15) is 32.3 Å². The van der Waals surface area contributed by atoms with E-state index in [0.29, 0.717) is 25.1 Å². The summed E-state index contributed by atoms with van der Waals surface area (Å²) in [5, 5.41) is 9.03. The molecule has 1 fully saturated rings. The van der Waals surface area contributed by atoms with Crippen molar-refractivity contribution in [1.82, 2.24) is 9.97 Å². The molecule has 0 unspecified atom stereocenters. The van der Waals surface area contributed by atoms with E-state index in [0.717, 1.165) is 12.4 Å². The van der Waals surface area contributed by atoms with Crippen LogP contribution in [0, 0.1) is 23.0 Å². The first kappa shape index (κ1) is 26.5. The summed E-state index contributed by atoms with van der Waals surface area (Å²) >= 11 is 0. The number of nitrogens with zero attached hydrogens (tertiary/aromatic N) is 3. The van der Waals surface area contributed by atoms with Crippen LogP contribution in [0.4, 0.5) is 26.0 Å². The number of aromatic nitrogens is 2. The van der Waals surface area contributed by atoms with Crippen LogP contribution >= 0.6 is 0 Å². The Morgan fingerprint density at radius 1 is 1.08 bits per heavy atom. The van der Waals surface area contributed by atoms with Gasteiger partial charge < -0.3 is 25.9 Å². The van der Waals surface area contributed by atoms with Gasteiger partial charge in [-0.15, -0.1) is 0 Å². The fourth-order valence-corrected chi connectivity index (χ4v) is 3.36. The monoisotopic (exact) mass is 524 g/mol. The lowest BCUT2D eigenvalue weighted by Gasteiger charge is -2.16. The van der Waals surface area contributed by atoms with E-state index in [4.69, 9.17) is 15.3 Å². The molecule has 0 spiro atoms. The third-order valence-corrected chi connectivity index (χ3v) is 5.66. The van der Waals surface area contributed by atoms with Crippen molar-refractivity contribution in [2.24, 2.45) is 16.5 Å². The summed E-state index contributed by atoms with van der Waals surface area (Å²) in [6.07, 6.45) is 3.10. The van der Waals surface area contributed by atoms with Gasteiger partial charge in [0, 0.05) is 17.4 Å². The maximum absolute atomic E-state index is 14.9. The number of nitrogen functional groups attached to an aromatic ring is 1. The SMILES string of the molecule is CC(C)CO/N=C/c1c(N)ncnc1Oc1ccc(NC(=O)C2(C(=O)Nc3ccc(F)cc3)CC2)cc1F. The maximum atomic E-state index is 14.9. The molecule has 0 saturated heterocycles. The molecule has 0 bridgehead atoms. The Balaban J connectivity index is 1.43. The van der Waals surface area contributed by atoms with Gasteiger partial charge in [-0.2, -0.15) is 0 Å². The number of anilines is 3. The molecule has 1 aliphatic rings. The predicted molar refractivity (Wildman–Crippen MR) is 137 cm³/mol. The minimum absolute atomic E-state index is 0.0421. The van der Waals surface area contributed by atoms with Crippen molar-refractivity contribution in [3.63, 3.8) is 0 Å². The van der Waals surface area contributed by atoms with Gasteiger partial charge in [0.25, 0.3) is 0 Å². The first-order valence-electron chi connectivity index (χ1n) is 11.8. The second-order valence-electron chi connectivity index (χ2n) is 9.15. The molecule has 12 heteroatoms. The van der Waals surface area contributed by atoms with Crippen LogP contribution in [0.25, 0.3) is 0 Å². The van der Waals surface area contributed by atoms with E-state index in [-0.39, 0.29) is 34.6 Å². The molecule has 3 aromatic rings. The van der Waals surface area contributed by atoms with Crippen LogP contribution < -0.4 is 21.1 Å². The Hall–Kier alpha value is -4.61. The molecule has 1 aliphatic carbocycles. The van der Waals surface area contributed by atoms with Gasteiger partial charge in [-0.3, -0.25) is 9.59 Å². The first-order valence-corrected chi connectivity index (χ1v) is 11.8. The summed E-state index contributed by atoms with van der Waals surface area (Å²) in [4.78, 5) is 38.7. The van der Waals surface area contributed by atoms with Crippen LogP contribution in [0.2, 0.25) is 0 Å². The molecule has 10 nitrogen and oxygen atoms in total. The van der Waals surface area contributed by atoms with E-state index in [2.05, 4.69) is 25.8 Å². The van der Waals surface area contributed by atoms with Gasteiger partial charge in [0.05, 0.1) is 6.21 Å². The summed E-state index contributed by atoms with van der Waals surface area (Å²) in [5.41, 5.74) is 5.31. The predicted octanol–water partition coefficient (Wildman–Crippen LogP) is 4.49. The van der Waals surface area contributed by atoms with Crippen LogP contribution in [-0.2, 0) is 14.4 Å². The molecule has 2 amide bonds. The fraction of sp³-hybridized carbons (Fsp3) is 0.269. The van der Waals surface area contributed by atoms with Crippen molar-refractivity contribution < 1.29 is 27.9 Å². The third kappa shape index (κ3) is 6.20. The van der Waals surface area contributed by atoms with Crippen molar-refractivity contribution in [1.29, 1.82) is 0 Å². The van der Waals surface area contributed by atoms with Crippen molar-refractivity contribution in [2.75, 3.05) is 23.0 Å². The second-order valence-corrected chi connectivity index (χ2v) is 9.15. The number of nitrogens with two attached hydrogens (primary N) is 1. The van der Waals surface area contributed by atoms with Crippen molar-refractivity contribution in [2.45, 2.75) is 26.7 Å². The standard InChI is InChI=1S/C26H26F2N6O4/c1-15(2)13-37-32-12-19-22(29)30-14-31-23(19)38-21-8-7-18(11-20(21)28)34-25(36)26(9-10-26)24(35)33-17-5-3-16(27)4-6-17/h3-8,11-12,14-15H,9-10,13H2,1-2H3,(H,33,35)(H,34,36)(H2,29,30,31)/b32-12+. The number of benzene rings is 2. The molecule has 198 valence electrons. The number of carbonyl (C=O) groups excluding carboxylic acids is 2. The highest BCUT2D eigenvalue weighted by molar-refractivity contribution is 6.16. The minimum atomic E-state index is -1.29. The molecule has 38 heavy (non-hydrogen) atoms. The summed E-state index contributed by atoms with van der Waals surface area (Å²) in [5.74, 6) is -2.24. The van der Waals surface area contributed by atoms with Gasteiger partial charge in [0.2, 0.25) is 17.7 Å². The van der Waals surface area contributed by atoms with E-state index < -0.39 is 28.9 Å². The number of oxime groups is 1. The number of hydrogen-bond donors (Lipinski definition) is 3. The quantitative estimate of drug-likeness (QED) is 0.202. The number of hydrogen-bond acceptors (Lipinski definition) is 8. The highest BCUT2D eigenvalue weighted by Crippen LogP contribution is 2.47. The van der Waals surface area contributed by atoms with E-state index >= 15 is 0 Å². The lowest BCUT2D eigenvalue weighted by Crippen LogP contribution is -2.35. The fourth-order valence-electron chi connectivity index (χ4n) is 3.36. The molecular formula is C26H26F2N6O4. The van der Waals surface area contributed by atoms with Crippen LogP contribution in [0.15, 0.2) is 53.9 Å². The van der Waals surface area contributed by atoms with Gasteiger partial charge >= 0.3 is 0 Å². The van der Waals surface area contributed by atoms with E-state index in [1.54, 1.807) is 0 Å². The van der Waals surface area contributed by atoms with E-state index in [1.165, 1.54) is 42.6 Å². The summed E-state index contributed by atoms with van der Waals surface area (Å²) in [6, 6.07) is 8.99. The van der Waals surface area contributed by atoms with Crippen molar-refractivity contribution in [3.05, 3.63) is 66.0 Å². The molecule has 4 N–H and O–H groups in total. The van der Waals surface area contributed by atoms with Gasteiger partial charge in [-0.1, -0.05) is 19.0 Å². The summed E-state index contributed by atoms with van der Waals surface area (Å²) < 4.78 is 33.6. The normalized spacial score (nSPS) is 13.8. The number of rotatable bonds is 10. The number of ether oxygens (including phenoxy) is 1. The van der Waals surface area contributed by atoms with Gasteiger partial charge in [-0.05, 0) is 55.2 Å². The molecular weight excluding hydrogens is 498 g/mol.